The highest BCUT2D eigenvalue weighted by Crippen LogP contribution is 2.32. The van der Waals surface area contributed by atoms with Crippen molar-refractivity contribution in [1.29, 1.82) is 5.26 Å². The summed E-state index contributed by atoms with van der Waals surface area (Å²) in [5.41, 5.74) is 8.66. The average molecular weight is 579 g/mol. The van der Waals surface area contributed by atoms with Crippen LogP contribution in [0.2, 0.25) is 0 Å². The zero-order valence-corrected chi connectivity index (χ0v) is 23.9. The predicted octanol–water partition coefficient (Wildman–Crippen LogP) is 3.53. The lowest BCUT2D eigenvalue weighted by molar-refractivity contribution is -0.197. The number of allylic oxidation sites excluding steroid dienone is 1. The fourth-order valence-corrected chi connectivity index (χ4v) is 5.65. The van der Waals surface area contributed by atoms with Crippen LogP contribution in [0.1, 0.15) is 17.7 Å². The van der Waals surface area contributed by atoms with E-state index in [2.05, 4.69) is 65.3 Å². The van der Waals surface area contributed by atoms with Gasteiger partial charge < -0.3 is 35.8 Å². The first kappa shape index (κ1) is 30.7. The van der Waals surface area contributed by atoms with E-state index in [0.29, 0.717) is 12.0 Å². The minimum atomic E-state index is -0.916. The Hall–Kier alpha value is -3.27. The van der Waals surface area contributed by atoms with Crippen molar-refractivity contribution < 1.29 is 24.8 Å². The van der Waals surface area contributed by atoms with Gasteiger partial charge in [-0.3, -0.25) is 4.90 Å². The van der Waals surface area contributed by atoms with Gasteiger partial charge in [0.1, 0.15) is 6.07 Å². The highest BCUT2D eigenvalue weighted by molar-refractivity contribution is 7.16. The number of ether oxygens (including phenoxy) is 2. The number of fused-ring (bicyclic) bond motifs is 1. The molecule has 2 aliphatic rings. The van der Waals surface area contributed by atoms with Gasteiger partial charge in [-0.25, -0.2) is 0 Å². The highest BCUT2D eigenvalue weighted by atomic mass is 32.1. The number of aliphatic hydroxyl groups excluding tert-OH is 3. The molecule has 2 aromatic carbocycles. The zero-order valence-electron chi connectivity index (χ0n) is 23.0. The molecule has 41 heavy (non-hydrogen) atoms. The Labute approximate surface area is 244 Å². The maximum atomic E-state index is 9.18. The van der Waals surface area contributed by atoms with E-state index in [9.17, 15) is 5.26 Å². The molecule has 5 rings (SSSR count). The Morgan fingerprint density at radius 3 is 2.59 bits per heavy atom. The molecule has 0 bridgehead atoms. The summed E-state index contributed by atoms with van der Waals surface area (Å²) < 4.78 is 10.3. The van der Waals surface area contributed by atoms with E-state index >= 15 is 0 Å². The maximum absolute atomic E-state index is 9.18. The van der Waals surface area contributed by atoms with Crippen LogP contribution < -0.4 is 11.1 Å². The number of thiophene rings is 1. The number of rotatable bonds is 8. The number of nitrogens with one attached hydrogen (secondary N) is 1. The van der Waals surface area contributed by atoms with Crippen LogP contribution in [0.25, 0.3) is 27.3 Å². The number of hydrogen-bond acceptors (Lipinski definition) is 10. The third-order valence-corrected chi connectivity index (χ3v) is 8.01. The number of anilines is 1. The predicted molar refractivity (Wildman–Crippen MR) is 163 cm³/mol. The monoisotopic (exact) mass is 578 g/mol. The van der Waals surface area contributed by atoms with Gasteiger partial charge in [-0.05, 0) is 52.7 Å². The smallest absolute Gasteiger partial charge is 0.157 e. The maximum Gasteiger partial charge on any atom is 0.157 e. The van der Waals surface area contributed by atoms with Crippen molar-refractivity contribution in [3.8, 4) is 16.5 Å². The quantitative estimate of drug-likeness (QED) is 0.200. The summed E-state index contributed by atoms with van der Waals surface area (Å²) in [5, 5.41) is 41.6. The molecule has 3 heterocycles. The summed E-state index contributed by atoms with van der Waals surface area (Å²) in [4.78, 5) is 4.57. The number of aliphatic hydroxyl groups is 3. The van der Waals surface area contributed by atoms with Gasteiger partial charge in [-0.2, -0.15) is 5.26 Å². The Bertz CT molecular complexity index is 1370. The van der Waals surface area contributed by atoms with E-state index in [4.69, 9.17) is 30.5 Å². The van der Waals surface area contributed by atoms with Crippen LogP contribution >= 0.6 is 11.3 Å². The Morgan fingerprint density at radius 2 is 1.88 bits per heavy atom. The fraction of sp³-hybridized carbons (Fsp3) is 0.387. The minimum absolute atomic E-state index is 0.145. The van der Waals surface area contributed by atoms with E-state index in [1.807, 2.05) is 6.07 Å². The summed E-state index contributed by atoms with van der Waals surface area (Å²) in [5.74, 6) is 0. The fourth-order valence-electron chi connectivity index (χ4n) is 4.70. The molecular weight excluding hydrogens is 540 g/mol. The second kappa shape index (κ2) is 15.1. The molecule has 0 spiro atoms. The lowest BCUT2D eigenvalue weighted by Crippen LogP contribution is -2.38. The second-order valence-electron chi connectivity index (χ2n) is 10.1. The lowest BCUT2D eigenvalue weighted by atomic mass is 10.1. The molecular formula is C31H38N4O5S. The molecule has 6 N–H and O–H groups in total. The van der Waals surface area contributed by atoms with Crippen LogP contribution in [0.15, 0.2) is 66.4 Å². The number of morpholine rings is 1. The number of nitrogens with two attached hydrogens (primary N) is 1. The number of nitriles is 1. The SMILES string of the molecule is C=C(N)/C(C#N)=C/c1ccc(-c2ccc3cc(NCCN4CCOCC4)ccc3c2)s1.OCC1CC(O)CC(O)O1. The molecule has 2 fully saturated rings. The lowest BCUT2D eigenvalue weighted by Gasteiger charge is -2.28. The Morgan fingerprint density at radius 1 is 1.12 bits per heavy atom. The molecule has 9 nitrogen and oxygen atoms in total. The van der Waals surface area contributed by atoms with Gasteiger partial charge in [0.2, 0.25) is 0 Å². The van der Waals surface area contributed by atoms with E-state index in [1.165, 1.54) is 10.8 Å². The normalized spacial score (nSPS) is 21.5. The zero-order chi connectivity index (χ0) is 29.2. The third-order valence-electron chi connectivity index (χ3n) is 6.93. The van der Waals surface area contributed by atoms with Crippen LogP contribution in [0, 0.1) is 11.3 Å². The molecule has 10 heteroatoms. The minimum Gasteiger partial charge on any atom is -0.398 e. The molecule has 0 radical (unpaired) electrons. The highest BCUT2D eigenvalue weighted by Gasteiger charge is 2.26. The number of hydrogen-bond donors (Lipinski definition) is 5. The van der Waals surface area contributed by atoms with E-state index in [0.717, 1.165) is 60.4 Å². The molecule has 0 aliphatic carbocycles. The summed E-state index contributed by atoms with van der Waals surface area (Å²) in [6, 6.07) is 19.2. The van der Waals surface area contributed by atoms with Crippen molar-refractivity contribution in [3.05, 3.63) is 71.3 Å². The van der Waals surface area contributed by atoms with Crippen molar-refractivity contribution in [2.45, 2.75) is 31.3 Å². The van der Waals surface area contributed by atoms with Crippen LogP contribution in [-0.4, -0.2) is 84.7 Å². The van der Waals surface area contributed by atoms with Gasteiger partial charge in [-0.15, -0.1) is 11.3 Å². The van der Waals surface area contributed by atoms with E-state index in [1.54, 1.807) is 17.4 Å². The number of nitrogens with zero attached hydrogens (tertiary/aromatic N) is 2. The first-order valence-electron chi connectivity index (χ1n) is 13.7. The summed E-state index contributed by atoms with van der Waals surface area (Å²) in [6.07, 6.45) is 0.580. The summed E-state index contributed by atoms with van der Waals surface area (Å²) in [6.45, 7) is 9.16. The van der Waals surface area contributed by atoms with Gasteiger partial charge in [0.05, 0.1) is 37.6 Å². The van der Waals surface area contributed by atoms with E-state index < -0.39 is 18.5 Å². The number of benzene rings is 2. The Balaban J connectivity index is 0.000000328. The molecule has 0 saturated carbocycles. The molecule has 3 unspecified atom stereocenters. The third kappa shape index (κ3) is 9.11. The molecule has 0 amide bonds. The second-order valence-corrected chi connectivity index (χ2v) is 11.2. The Kier molecular flexibility index (Phi) is 11.3. The van der Waals surface area contributed by atoms with Gasteiger partial charge in [0, 0.05) is 60.2 Å². The molecule has 1 aromatic heterocycles. The molecule has 2 saturated heterocycles. The van der Waals surface area contributed by atoms with E-state index in [-0.39, 0.29) is 18.7 Å². The van der Waals surface area contributed by atoms with Crippen LogP contribution in [0.5, 0.6) is 0 Å². The molecule has 218 valence electrons. The van der Waals surface area contributed by atoms with Crippen LogP contribution in [0.4, 0.5) is 5.69 Å². The van der Waals surface area contributed by atoms with Crippen LogP contribution in [-0.2, 0) is 9.47 Å². The molecule has 3 aromatic rings. The van der Waals surface area contributed by atoms with Crippen LogP contribution in [0.3, 0.4) is 0 Å². The van der Waals surface area contributed by atoms with Gasteiger partial charge in [0.25, 0.3) is 0 Å². The molecule has 3 atom stereocenters. The van der Waals surface area contributed by atoms with Gasteiger partial charge in [-0.1, -0.05) is 24.8 Å². The van der Waals surface area contributed by atoms with Crippen molar-refractivity contribution in [2.75, 3.05) is 51.3 Å². The van der Waals surface area contributed by atoms with Crippen molar-refractivity contribution in [2.24, 2.45) is 5.73 Å². The van der Waals surface area contributed by atoms with Crippen molar-refractivity contribution >= 4 is 33.9 Å². The molecule has 2 aliphatic heterocycles. The summed E-state index contributed by atoms with van der Waals surface area (Å²) >= 11 is 1.63. The first-order chi connectivity index (χ1) is 19.8. The summed E-state index contributed by atoms with van der Waals surface area (Å²) in [7, 11) is 0. The average Bonchev–Trinajstić information content (AvgIpc) is 3.44. The topological polar surface area (TPSA) is 144 Å². The van der Waals surface area contributed by atoms with Crippen molar-refractivity contribution in [1.82, 2.24) is 4.90 Å². The van der Waals surface area contributed by atoms with Crippen molar-refractivity contribution in [3.63, 3.8) is 0 Å². The van der Waals surface area contributed by atoms with Gasteiger partial charge >= 0.3 is 0 Å². The first-order valence-corrected chi connectivity index (χ1v) is 14.5. The standard InChI is InChI=1S/C25H26N4OS.C6H12O4/c1-18(27)22(17-26)16-24-6-7-25(31-24)21-3-2-20-15-23(5-4-19(20)14-21)28-8-9-29-10-12-30-13-11-29;7-3-5-1-4(8)2-6(9)10-5/h2-7,14-16,28H,1,8-13,27H2;4-9H,1-3H2/b22-16+;. The largest absolute Gasteiger partial charge is 0.398 e. The van der Waals surface area contributed by atoms with Gasteiger partial charge in [0.15, 0.2) is 6.29 Å².